The molecule has 3 rings (SSSR count). The van der Waals surface area contributed by atoms with Crippen molar-refractivity contribution in [1.29, 1.82) is 0 Å². The summed E-state index contributed by atoms with van der Waals surface area (Å²) in [7, 11) is 0. The van der Waals surface area contributed by atoms with Crippen molar-refractivity contribution in [2.24, 2.45) is 0 Å². The Labute approximate surface area is 94.7 Å². The van der Waals surface area contributed by atoms with Crippen LogP contribution in [0.15, 0.2) is 42.6 Å². The molecule has 1 atom stereocenters. The molecule has 0 spiro atoms. The second kappa shape index (κ2) is 4.33. The quantitative estimate of drug-likeness (QED) is 0.652. The lowest BCUT2D eigenvalue weighted by Crippen LogP contribution is -1.89. The number of halogens is 3. The average molecular weight is 243 g/mol. The van der Waals surface area contributed by atoms with E-state index in [2.05, 4.69) is 17.1 Å². The zero-order chi connectivity index (χ0) is 11.6. The van der Waals surface area contributed by atoms with Crippen molar-refractivity contribution in [2.75, 3.05) is 0 Å². The number of hydrogen-bond donors (Lipinski definition) is 0. The van der Waals surface area contributed by atoms with Crippen molar-refractivity contribution >= 4 is 22.7 Å². The topological polar surface area (TPSA) is 12.9 Å². The summed E-state index contributed by atoms with van der Waals surface area (Å²) in [5.41, 5.74) is -0.859. The lowest BCUT2D eigenvalue weighted by atomic mass is 10.2. The Morgan fingerprint density at radius 2 is 1.69 bits per heavy atom. The Bertz CT molecular complexity index is 424. The van der Waals surface area contributed by atoms with E-state index in [0.717, 1.165) is 5.52 Å². The fraction of sp³-hybridized carbons (Fsp3) is 0.182. The van der Waals surface area contributed by atoms with Crippen LogP contribution in [0.5, 0.6) is 0 Å². The summed E-state index contributed by atoms with van der Waals surface area (Å²) in [5, 5.41) is -1.84. The standard InChI is InChI=1S/C9H7N.C2HF3S/c1-2-6-9-8(4-1)5-3-7-10-9;3-1-2(4,5)6-1/h1-7H;1H. The molecule has 1 aromatic carbocycles. The van der Waals surface area contributed by atoms with Gasteiger partial charge < -0.3 is 0 Å². The molecule has 1 aliphatic heterocycles. The number of hydrogen-bond acceptors (Lipinski definition) is 2. The first-order valence-corrected chi connectivity index (χ1v) is 5.47. The normalized spacial score (nSPS) is 21.1. The molecule has 1 unspecified atom stereocenters. The van der Waals surface area contributed by atoms with Crippen LogP contribution >= 0.6 is 11.8 Å². The van der Waals surface area contributed by atoms with Crippen molar-refractivity contribution in [1.82, 2.24) is 4.98 Å². The van der Waals surface area contributed by atoms with Gasteiger partial charge in [0.15, 0.2) is 0 Å². The van der Waals surface area contributed by atoms with Gasteiger partial charge in [-0.2, -0.15) is 8.78 Å². The summed E-state index contributed by atoms with van der Waals surface area (Å²) >= 11 is 0.0486. The van der Waals surface area contributed by atoms with Gasteiger partial charge in [0.1, 0.15) is 0 Å². The molecule has 16 heavy (non-hydrogen) atoms. The van der Waals surface area contributed by atoms with E-state index in [1.807, 2.05) is 30.5 Å². The number of benzene rings is 1. The summed E-state index contributed by atoms with van der Waals surface area (Å²) in [6.07, 6.45) is 1.81. The van der Waals surface area contributed by atoms with E-state index >= 15 is 0 Å². The highest BCUT2D eigenvalue weighted by Gasteiger charge is 2.60. The van der Waals surface area contributed by atoms with Crippen LogP contribution in [-0.2, 0) is 0 Å². The Kier molecular flexibility index (Phi) is 3.05. The molecule has 1 nitrogen and oxygen atoms in total. The van der Waals surface area contributed by atoms with E-state index in [-0.39, 0.29) is 11.8 Å². The van der Waals surface area contributed by atoms with Crippen molar-refractivity contribution < 1.29 is 13.2 Å². The van der Waals surface area contributed by atoms with Crippen LogP contribution < -0.4 is 0 Å². The minimum atomic E-state index is -3.04. The first-order chi connectivity index (χ1) is 7.59. The SMILES string of the molecule is FC1SC1(F)F.c1ccc2ncccc2c1. The van der Waals surface area contributed by atoms with Crippen molar-refractivity contribution in [3.05, 3.63) is 42.6 Å². The van der Waals surface area contributed by atoms with Crippen LogP contribution in [0, 0.1) is 0 Å². The second-order valence-corrected chi connectivity index (χ2v) is 4.39. The van der Waals surface area contributed by atoms with Crippen LogP contribution in [0.1, 0.15) is 0 Å². The third-order valence-electron chi connectivity index (χ3n) is 1.98. The molecule has 2 aromatic rings. The maximum Gasteiger partial charge on any atom is 0.336 e. The number of thioether (sulfide) groups is 1. The van der Waals surface area contributed by atoms with Crippen LogP contribution in [0.25, 0.3) is 10.9 Å². The number of pyridine rings is 1. The number of para-hydroxylation sites is 1. The van der Waals surface area contributed by atoms with Gasteiger partial charge in [-0.15, -0.1) is 0 Å². The highest BCUT2D eigenvalue weighted by molar-refractivity contribution is 8.08. The number of fused-ring (bicyclic) bond motifs is 1. The number of alkyl halides is 3. The minimum Gasteiger partial charge on any atom is -0.256 e. The van der Waals surface area contributed by atoms with Gasteiger partial charge in [0, 0.05) is 11.6 Å². The van der Waals surface area contributed by atoms with Crippen LogP contribution in [-0.4, -0.2) is 15.7 Å². The fourth-order valence-electron chi connectivity index (χ4n) is 1.12. The van der Waals surface area contributed by atoms with E-state index in [4.69, 9.17) is 0 Å². The van der Waals surface area contributed by atoms with E-state index in [1.165, 1.54) is 5.39 Å². The summed E-state index contributed by atoms with van der Waals surface area (Å²) in [4.78, 5) is 4.18. The molecule has 0 saturated carbocycles. The summed E-state index contributed by atoms with van der Waals surface area (Å²) in [6.45, 7) is 0. The van der Waals surface area contributed by atoms with Gasteiger partial charge in [0.05, 0.1) is 5.52 Å². The monoisotopic (exact) mass is 243 g/mol. The Hall–Kier alpha value is -1.23. The lowest BCUT2D eigenvalue weighted by Gasteiger charge is -1.91. The minimum absolute atomic E-state index is 0.0486. The number of aromatic nitrogens is 1. The molecule has 0 radical (unpaired) electrons. The third-order valence-corrected chi connectivity index (χ3v) is 2.75. The Morgan fingerprint density at radius 1 is 1.12 bits per heavy atom. The van der Waals surface area contributed by atoms with Gasteiger partial charge in [-0.1, -0.05) is 24.3 Å². The maximum atomic E-state index is 11.1. The van der Waals surface area contributed by atoms with E-state index in [0.29, 0.717) is 0 Å². The highest BCUT2D eigenvalue weighted by Crippen LogP contribution is 2.56. The summed E-state index contributed by atoms with van der Waals surface area (Å²) in [6, 6.07) is 12.1. The molecule has 0 bridgehead atoms. The third kappa shape index (κ3) is 2.66. The highest BCUT2D eigenvalue weighted by atomic mass is 32.2. The molecule has 1 saturated heterocycles. The fourth-order valence-corrected chi connectivity index (χ4v) is 1.33. The van der Waals surface area contributed by atoms with Gasteiger partial charge in [-0.05, 0) is 23.9 Å². The Balaban J connectivity index is 0.000000138. The summed E-state index contributed by atoms with van der Waals surface area (Å²) in [5.74, 6) is 0. The molecular weight excluding hydrogens is 235 g/mol. The molecule has 0 aliphatic carbocycles. The molecule has 2 heterocycles. The first-order valence-electron chi connectivity index (χ1n) is 4.59. The van der Waals surface area contributed by atoms with Gasteiger partial charge in [-0.3, -0.25) is 4.98 Å². The zero-order valence-corrected chi connectivity index (χ0v) is 8.92. The predicted molar refractivity (Wildman–Crippen MR) is 59.2 cm³/mol. The van der Waals surface area contributed by atoms with Crippen LogP contribution in [0.2, 0.25) is 0 Å². The molecule has 1 fully saturated rings. The average Bonchev–Trinajstić information content (AvgIpc) is 2.84. The van der Waals surface area contributed by atoms with Gasteiger partial charge in [0.25, 0.3) is 0 Å². The van der Waals surface area contributed by atoms with E-state index in [1.54, 1.807) is 0 Å². The van der Waals surface area contributed by atoms with Crippen molar-refractivity contribution in [3.63, 3.8) is 0 Å². The molecule has 0 amide bonds. The number of rotatable bonds is 0. The number of nitrogens with zero attached hydrogens (tertiary/aromatic N) is 1. The smallest absolute Gasteiger partial charge is 0.256 e. The predicted octanol–water partition coefficient (Wildman–Crippen LogP) is 3.86. The van der Waals surface area contributed by atoms with Gasteiger partial charge in [0.2, 0.25) is 5.50 Å². The largest absolute Gasteiger partial charge is 0.336 e. The summed E-state index contributed by atoms with van der Waals surface area (Å²) < 4.78 is 33.3. The van der Waals surface area contributed by atoms with Gasteiger partial charge >= 0.3 is 5.25 Å². The zero-order valence-electron chi connectivity index (χ0n) is 8.11. The molecule has 1 aliphatic rings. The molecule has 1 aromatic heterocycles. The van der Waals surface area contributed by atoms with Crippen LogP contribution in [0.3, 0.4) is 0 Å². The van der Waals surface area contributed by atoms with E-state index < -0.39 is 10.8 Å². The van der Waals surface area contributed by atoms with Crippen LogP contribution in [0.4, 0.5) is 13.2 Å². The second-order valence-electron chi connectivity index (χ2n) is 3.19. The van der Waals surface area contributed by atoms with Crippen molar-refractivity contribution in [2.45, 2.75) is 10.8 Å². The Morgan fingerprint density at radius 3 is 2.25 bits per heavy atom. The van der Waals surface area contributed by atoms with Crippen molar-refractivity contribution in [3.8, 4) is 0 Å². The molecule has 5 heteroatoms. The first kappa shape index (κ1) is 11.3. The molecule has 84 valence electrons. The lowest BCUT2D eigenvalue weighted by molar-refractivity contribution is 0.105. The van der Waals surface area contributed by atoms with Gasteiger partial charge in [-0.25, -0.2) is 4.39 Å². The maximum absolute atomic E-state index is 11.1. The molecule has 0 N–H and O–H groups in total. The molecular formula is C11H8F3NS. The van der Waals surface area contributed by atoms with E-state index in [9.17, 15) is 13.2 Å².